The van der Waals surface area contributed by atoms with Crippen molar-refractivity contribution in [3.63, 3.8) is 0 Å². The molecule has 0 aromatic rings. The summed E-state index contributed by atoms with van der Waals surface area (Å²) in [5.74, 6) is -1.15. The van der Waals surface area contributed by atoms with Crippen molar-refractivity contribution in [2.24, 2.45) is 0 Å². The van der Waals surface area contributed by atoms with E-state index in [4.69, 9.17) is 9.47 Å². The van der Waals surface area contributed by atoms with E-state index in [2.05, 4.69) is 4.74 Å². The van der Waals surface area contributed by atoms with Gasteiger partial charge in [-0.15, -0.1) is 0 Å². The van der Waals surface area contributed by atoms with Gasteiger partial charge in [0.15, 0.2) is 0 Å². The molecule has 4 heteroatoms. The summed E-state index contributed by atoms with van der Waals surface area (Å²) < 4.78 is 14.7. The van der Waals surface area contributed by atoms with Gasteiger partial charge in [0.2, 0.25) is 0 Å². The van der Waals surface area contributed by atoms with Gasteiger partial charge in [-0.25, -0.2) is 0 Å². The lowest BCUT2D eigenvalue weighted by Crippen LogP contribution is -2.29. The molecule has 2 unspecified atom stereocenters. The Morgan fingerprint density at radius 3 is 2.90 bits per heavy atom. The van der Waals surface area contributed by atoms with Gasteiger partial charge in [0, 0.05) is 6.92 Å². The van der Waals surface area contributed by atoms with Gasteiger partial charge in [-0.1, -0.05) is 0 Å². The molecular weight excluding hydrogens is 136 g/mol. The second kappa shape index (κ2) is 2.56. The van der Waals surface area contributed by atoms with Crippen molar-refractivity contribution < 1.29 is 19.0 Å². The number of rotatable bonds is 2. The molecule has 0 aliphatic carbocycles. The fourth-order valence-corrected chi connectivity index (χ4v) is 0.851. The molecule has 0 spiro atoms. The van der Waals surface area contributed by atoms with E-state index in [1.54, 1.807) is 6.92 Å². The van der Waals surface area contributed by atoms with Crippen LogP contribution in [0.15, 0.2) is 0 Å². The van der Waals surface area contributed by atoms with Gasteiger partial charge in [-0.2, -0.15) is 0 Å². The average Bonchev–Trinajstić information content (AvgIpc) is 2.12. The number of carbonyl (C=O) groups excluding carboxylic acids is 1. The Bertz CT molecular complexity index is 136. The fourth-order valence-electron chi connectivity index (χ4n) is 0.851. The van der Waals surface area contributed by atoms with Crippen molar-refractivity contribution >= 4 is 6.47 Å². The van der Waals surface area contributed by atoms with E-state index >= 15 is 0 Å². The van der Waals surface area contributed by atoms with Crippen LogP contribution < -0.4 is 0 Å². The monoisotopic (exact) mass is 146 g/mol. The minimum absolute atomic E-state index is 0.00931. The lowest BCUT2D eigenvalue weighted by molar-refractivity contribution is -0.300. The maximum absolute atomic E-state index is 9.89. The molecule has 0 bridgehead atoms. The van der Waals surface area contributed by atoms with Crippen molar-refractivity contribution in [3.8, 4) is 0 Å². The molecular formula is C6H10O4. The van der Waals surface area contributed by atoms with Crippen LogP contribution in [0.5, 0.6) is 0 Å². The number of hydrogen-bond acceptors (Lipinski definition) is 4. The molecule has 0 aromatic heterocycles. The highest BCUT2D eigenvalue weighted by Gasteiger charge is 2.37. The summed E-state index contributed by atoms with van der Waals surface area (Å²) >= 11 is 0. The Kier molecular flexibility index (Phi) is 1.92. The maximum atomic E-state index is 9.89. The summed E-state index contributed by atoms with van der Waals surface area (Å²) in [5, 5.41) is 0. The Morgan fingerprint density at radius 1 is 1.80 bits per heavy atom. The van der Waals surface area contributed by atoms with E-state index in [1.165, 1.54) is 0 Å². The molecule has 1 saturated heterocycles. The molecule has 0 amide bonds. The SMILES string of the molecule is CC1COC(C)(OC=O)O1. The van der Waals surface area contributed by atoms with Gasteiger partial charge in [0.05, 0.1) is 12.7 Å². The molecule has 1 fully saturated rings. The van der Waals surface area contributed by atoms with Crippen LogP contribution in [-0.2, 0) is 19.0 Å². The zero-order chi connectivity index (χ0) is 7.61. The first kappa shape index (κ1) is 7.50. The molecule has 10 heavy (non-hydrogen) atoms. The first-order valence-corrected chi connectivity index (χ1v) is 3.09. The third-order valence-electron chi connectivity index (χ3n) is 1.26. The fraction of sp³-hybridized carbons (Fsp3) is 0.833. The molecule has 2 atom stereocenters. The third-order valence-corrected chi connectivity index (χ3v) is 1.26. The van der Waals surface area contributed by atoms with Crippen LogP contribution in [0.3, 0.4) is 0 Å². The lowest BCUT2D eigenvalue weighted by atomic mass is 10.5. The third kappa shape index (κ3) is 1.46. The van der Waals surface area contributed by atoms with E-state index in [0.717, 1.165) is 0 Å². The molecule has 0 radical (unpaired) electrons. The summed E-state index contributed by atoms with van der Waals surface area (Å²) in [6.07, 6.45) is -0.00931. The number of carbonyl (C=O) groups is 1. The first-order valence-electron chi connectivity index (χ1n) is 3.09. The largest absolute Gasteiger partial charge is 0.410 e. The van der Waals surface area contributed by atoms with Gasteiger partial charge in [-0.3, -0.25) is 4.79 Å². The summed E-state index contributed by atoms with van der Waals surface area (Å²) in [4.78, 5) is 9.89. The van der Waals surface area contributed by atoms with Crippen molar-refractivity contribution in [1.29, 1.82) is 0 Å². The summed E-state index contributed by atoms with van der Waals surface area (Å²) in [6.45, 7) is 4.19. The molecule has 58 valence electrons. The lowest BCUT2D eigenvalue weighted by Gasteiger charge is -2.18. The predicted octanol–water partition coefficient (Wildman–Crippen LogP) is 0.268. The Hall–Kier alpha value is -0.610. The van der Waals surface area contributed by atoms with Crippen molar-refractivity contribution in [1.82, 2.24) is 0 Å². The van der Waals surface area contributed by atoms with E-state index in [9.17, 15) is 4.79 Å². The zero-order valence-electron chi connectivity index (χ0n) is 5.99. The van der Waals surface area contributed by atoms with Gasteiger partial charge in [0.1, 0.15) is 0 Å². The van der Waals surface area contributed by atoms with Crippen molar-refractivity contribution in [3.05, 3.63) is 0 Å². The molecule has 0 N–H and O–H groups in total. The molecule has 1 heterocycles. The highest BCUT2D eigenvalue weighted by Crippen LogP contribution is 2.22. The average molecular weight is 146 g/mol. The zero-order valence-corrected chi connectivity index (χ0v) is 5.99. The summed E-state index contributed by atoms with van der Waals surface area (Å²) in [6, 6.07) is 0. The Morgan fingerprint density at radius 2 is 2.50 bits per heavy atom. The normalized spacial score (nSPS) is 39.6. The molecule has 0 saturated carbocycles. The van der Waals surface area contributed by atoms with Gasteiger partial charge >= 0.3 is 5.97 Å². The molecule has 1 aliphatic rings. The minimum Gasteiger partial charge on any atom is -0.410 e. The van der Waals surface area contributed by atoms with Crippen LogP contribution in [0.25, 0.3) is 0 Å². The Balaban J connectivity index is 2.45. The van der Waals surface area contributed by atoms with Crippen molar-refractivity contribution in [2.45, 2.75) is 25.9 Å². The van der Waals surface area contributed by atoms with E-state index in [1.807, 2.05) is 6.92 Å². The highest BCUT2D eigenvalue weighted by atomic mass is 16.9. The number of ether oxygens (including phenoxy) is 3. The van der Waals surface area contributed by atoms with Crippen LogP contribution in [0.2, 0.25) is 0 Å². The molecule has 1 aliphatic heterocycles. The van der Waals surface area contributed by atoms with Crippen molar-refractivity contribution in [2.75, 3.05) is 6.61 Å². The summed E-state index contributed by atoms with van der Waals surface area (Å²) in [7, 11) is 0. The molecule has 1 rings (SSSR count). The van der Waals surface area contributed by atoms with Crippen LogP contribution in [0.4, 0.5) is 0 Å². The first-order chi connectivity index (χ1) is 4.66. The standard InChI is InChI=1S/C6H10O4/c1-5-3-8-6(2,10-5)9-4-7/h4-5H,3H2,1-2H3. The van der Waals surface area contributed by atoms with Gasteiger partial charge in [0.25, 0.3) is 6.47 Å². The topological polar surface area (TPSA) is 44.8 Å². The molecule has 0 aromatic carbocycles. The van der Waals surface area contributed by atoms with Crippen LogP contribution in [0, 0.1) is 0 Å². The van der Waals surface area contributed by atoms with E-state index in [-0.39, 0.29) is 6.10 Å². The predicted molar refractivity (Wildman–Crippen MR) is 32.1 cm³/mol. The van der Waals surface area contributed by atoms with Crippen LogP contribution in [0.1, 0.15) is 13.8 Å². The Labute approximate surface area is 59.1 Å². The van der Waals surface area contributed by atoms with Crippen LogP contribution in [-0.4, -0.2) is 25.2 Å². The quantitative estimate of drug-likeness (QED) is 0.524. The van der Waals surface area contributed by atoms with Crippen LogP contribution >= 0.6 is 0 Å². The van der Waals surface area contributed by atoms with Gasteiger partial charge < -0.3 is 14.2 Å². The van der Waals surface area contributed by atoms with E-state index < -0.39 is 5.97 Å². The number of hydrogen-bond donors (Lipinski definition) is 0. The van der Waals surface area contributed by atoms with Gasteiger partial charge in [-0.05, 0) is 6.92 Å². The summed E-state index contributed by atoms with van der Waals surface area (Å²) in [5.41, 5.74) is 0. The van der Waals surface area contributed by atoms with E-state index in [0.29, 0.717) is 13.1 Å². The second-order valence-electron chi connectivity index (χ2n) is 2.32. The molecule has 4 nitrogen and oxygen atoms in total. The second-order valence-corrected chi connectivity index (χ2v) is 2.32. The maximum Gasteiger partial charge on any atom is 0.326 e. The smallest absolute Gasteiger partial charge is 0.326 e. The highest BCUT2D eigenvalue weighted by molar-refractivity contribution is 5.37. The minimum atomic E-state index is -1.15.